The predicted octanol–water partition coefficient (Wildman–Crippen LogP) is 1.99. The first-order valence-corrected chi connectivity index (χ1v) is 9.22. The second kappa shape index (κ2) is 8.49. The summed E-state index contributed by atoms with van der Waals surface area (Å²) in [4.78, 5) is 16.4. The SMILES string of the molecule is O=C(NCC(O)CN1CCc2ccccc2C1)N1CCCCCC1. The Balaban J connectivity index is 1.41. The minimum Gasteiger partial charge on any atom is -0.390 e. The molecule has 5 heteroatoms. The number of nitrogens with one attached hydrogen (secondary N) is 1. The van der Waals surface area contributed by atoms with Gasteiger partial charge in [-0.2, -0.15) is 0 Å². The summed E-state index contributed by atoms with van der Waals surface area (Å²) in [5, 5.41) is 13.2. The Morgan fingerprint density at radius 1 is 1.08 bits per heavy atom. The lowest BCUT2D eigenvalue weighted by Gasteiger charge is -2.30. The Morgan fingerprint density at radius 2 is 1.79 bits per heavy atom. The summed E-state index contributed by atoms with van der Waals surface area (Å²) in [5.74, 6) is 0. The molecule has 2 amide bonds. The van der Waals surface area contributed by atoms with E-state index < -0.39 is 6.10 Å². The third kappa shape index (κ3) is 4.71. The van der Waals surface area contributed by atoms with E-state index in [1.807, 2.05) is 4.90 Å². The lowest BCUT2D eigenvalue weighted by molar-refractivity contribution is 0.103. The van der Waals surface area contributed by atoms with Crippen molar-refractivity contribution in [3.8, 4) is 0 Å². The molecule has 1 saturated heterocycles. The highest BCUT2D eigenvalue weighted by molar-refractivity contribution is 5.74. The van der Waals surface area contributed by atoms with Gasteiger partial charge in [-0.3, -0.25) is 4.90 Å². The number of aliphatic hydroxyl groups is 1. The molecular formula is C19H29N3O2. The monoisotopic (exact) mass is 331 g/mol. The molecule has 1 aromatic carbocycles. The lowest BCUT2D eigenvalue weighted by atomic mass is 10.00. The number of nitrogens with zero attached hydrogens (tertiary/aromatic N) is 2. The van der Waals surface area contributed by atoms with Gasteiger partial charge in [0.05, 0.1) is 6.10 Å². The van der Waals surface area contributed by atoms with Crippen LogP contribution in [0.4, 0.5) is 4.79 Å². The molecule has 1 fully saturated rings. The molecule has 0 bridgehead atoms. The van der Waals surface area contributed by atoms with Crippen molar-refractivity contribution >= 4 is 6.03 Å². The van der Waals surface area contributed by atoms with Crippen LogP contribution in [0.25, 0.3) is 0 Å². The van der Waals surface area contributed by atoms with E-state index in [1.165, 1.54) is 24.0 Å². The number of hydrogen-bond acceptors (Lipinski definition) is 3. The molecule has 5 nitrogen and oxygen atoms in total. The van der Waals surface area contributed by atoms with Gasteiger partial charge in [0.15, 0.2) is 0 Å². The Morgan fingerprint density at radius 3 is 2.54 bits per heavy atom. The van der Waals surface area contributed by atoms with Crippen molar-refractivity contribution < 1.29 is 9.90 Å². The molecule has 2 aliphatic heterocycles. The van der Waals surface area contributed by atoms with Gasteiger partial charge in [-0.15, -0.1) is 0 Å². The molecule has 0 saturated carbocycles. The molecule has 0 aliphatic carbocycles. The van der Waals surface area contributed by atoms with Gasteiger partial charge >= 0.3 is 6.03 Å². The van der Waals surface area contributed by atoms with E-state index in [9.17, 15) is 9.90 Å². The number of carbonyl (C=O) groups excluding carboxylic acids is 1. The van der Waals surface area contributed by atoms with Crippen LogP contribution in [-0.4, -0.2) is 59.8 Å². The minimum atomic E-state index is -0.522. The molecule has 3 rings (SSSR count). The molecule has 2 aliphatic rings. The zero-order chi connectivity index (χ0) is 16.8. The van der Waals surface area contributed by atoms with Crippen molar-refractivity contribution in [3.63, 3.8) is 0 Å². The fourth-order valence-electron chi connectivity index (χ4n) is 3.66. The number of likely N-dealkylation sites (tertiary alicyclic amines) is 1. The largest absolute Gasteiger partial charge is 0.390 e. The van der Waals surface area contributed by atoms with Crippen LogP contribution < -0.4 is 5.32 Å². The zero-order valence-corrected chi connectivity index (χ0v) is 14.4. The van der Waals surface area contributed by atoms with Crippen LogP contribution >= 0.6 is 0 Å². The number of hydrogen-bond donors (Lipinski definition) is 2. The molecule has 0 spiro atoms. The molecule has 0 radical (unpaired) electrons. The second-order valence-electron chi connectivity index (χ2n) is 6.99. The van der Waals surface area contributed by atoms with E-state index in [0.717, 1.165) is 45.4 Å². The average molecular weight is 331 g/mol. The first-order chi connectivity index (χ1) is 11.7. The maximum Gasteiger partial charge on any atom is 0.317 e. The Hall–Kier alpha value is -1.59. The van der Waals surface area contributed by atoms with Gasteiger partial charge in [-0.1, -0.05) is 37.1 Å². The second-order valence-corrected chi connectivity index (χ2v) is 6.99. The van der Waals surface area contributed by atoms with Crippen molar-refractivity contribution in [2.75, 3.05) is 32.7 Å². The molecule has 2 N–H and O–H groups in total. The maximum absolute atomic E-state index is 12.2. The van der Waals surface area contributed by atoms with Crippen LogP contribution in [0.1, 0.15) is 36.8 Å². The van der Waals surface area contributed by atoms with Crippen LogP contribution in [0, 0.1) is 0 Å². The number of urea groups is 1. The van der Waals surface area contributed by atoms with E-state index in [1.54, 1.807) is 0 Å². The minimum absolute atomic E-state index is 0.0278. The van der Waals surface area contributed by atoms with Crippen molar-refractivity contribution in [2.45, 2.75) is 44.8 Å². The fraction of sp³-hybridized carbons (Fsp3) is 0.632. The number of amides is 2. The first-order valence-electron chi connectivity index (χ1n) is 9.22. The van der Waals surface area contributed by atoms with Gasteiger partial charge in [0.25, 0.3) is 0 Å². The molecule has 1 atom stereocenters. The highest BCUT2D eigenvalue weighted by Gasteiger charge is 2.20. The standard InChI is InChI=1S/C19H29N3O2/c23-18(13-20-19(24)22-10-5-1-2-6-11-22)15-21-12-9-16-7-3-4-8-17(16)14-21/h3-4,7-8,18,23H,1-2,5-6,9-15H2,(H,20,24). The molecule has 2 heterocycles. The number of rotatable bonds is 4. The van der Waals surface area contributed by atoms with E-state index >= 15 is 0 Å². The third-order valence-electron chi connectivity index (χ3n) is 5.06. The Labute approximate surface area is 144 Å². The van der Waals surface area contributed by atoms with E-state index in [2.05, 4.69) is 34.5 Å². The molecule has 132 valence electrons. The van der Waals surface area contributed by atoms with Crippen LogP contribution in [0.3, 0.4) is 0 Å². The van der Waals surface area contributed by atoms with Crippen LogP contribution in [0.5, 0.6) is 0 Å². The number of fused-ring (bicyclic) bond motifs is 1. The van der Waals surface area contributed by atoms with Crippen molar-refractivity contribution in [1.82, 2.24) is 15.1 Å². The van der Waals surface area contributed by atoms with Gasteiger partial charge in [-0.05, 0) is 30.4 Å². The van der Waals surface area contributed by atoms with Crippen molar-refractivity contribution in [1.29, 1.82) is 0 Å². The molecule has 1 aromatic rings. The highest BCUT2D eigenvalue weighted by Crippen LogP contribution is 2.18. The predicted molar refractivity (Wildman–Crippen MR) is 94.9 cm³/mol. The summed E-state index contributed by atoms with van der Waals surface area (Å²) in [7, 11) is 0. The lowest BCUT2D eigenvalue weighted by Crippen LogP contribution is -2.46. The highest BCUT2D eigenvalue weighted by atomic mass is 16.3. The summed E-state index contributed by atoms with van der Waals surface area (Å²) < 4.78 is 0. The van der Waals surface area contributed by atoms with Crippen LogP contribution in [0.2, 0.25) is 0 Å². The molecule has 1 unspecified atom stereocenters. The maximum atomic E-state index is 12.2. The summed E-state index contributed by atoms with van der Waals surface area (Å²) in [6, 6.07) is 8.47. The number of aliphatic hydroxyl groups excluding tert-OH is 1. The van der Waals surface area contributed by atoms with Gasteiger partial charge in [0.1, 0.15) is 0 Å². The smallest absolute Gasteiger partial charge is 0.317 e. The zero-order valence-electron chi connectivity index (χ0n) is 14.4. The first kappa shape index (κ1) is 17.2. The van der Waals surface area contributed by atoms with E-state index in [0.29, 0.717) is 13.1 Å². The normalized spacial score (nSPS) is 20.1. The van der Waals surface area contributed by atoms with Crippen LogP contribution in [-0.2, 0) is 13.0 Å². The Bertz CT molecular complexity index is 541. The van der Waals surface area contributed by atoms with Gasteiger partial charge < -0.3 is 15.3 Å². The molecule has 24 heavy (non-hydrogen) atoms. The van der Waals surface area contributed by atoms with E-state index in [4.69, 9.17) is 0 Å². The van der Waals surface area contributed by atoms with Gasteiger partial charge in [-0.25, -0.2) is 4.79 Å². The number of benzene rings is 1. The van der Waals surface area contributed by atoms with Crippen molar-refractivity contribution in [3.05, 3.63) is 35.4 Å². The topological polar surface area (TPSA) is 55.8 Å². The molecule has 0 aromatic heterocycles. The number of β-amino-alcohol motifs (C(OH)–C–C–N with tert-alkyl or cyclic N) is 1. The summed E-state index contributed by atoms with van der Waals surface area (Å²) >= 11 is 0. The van der Waals surface area contributed by atoms with Crippen molar-refractivity contribution in [2.24, 2.45) is 0 Å². The summed E-state index contributed by atoms with van der Waals surface area (Å²) in [6.45, 7) is 4.46. The fourth-order valence-corrected chi connectivity index (χ4v) is 3.66. The van der Waals surface area contributed by atoms with Gasteiger partial charge in [0, 0.05) is 39.3 Å². The number of carbonyl (C=O) groups is 1. The summed E-state index contributed by atoms with van der Waals surface area (Å²) in [6.07, 6.45) is 5.10. The summed E-state index contributed by atoms with van der Waals surface area (Å²) in [5.41, 5.74) is 2.77. The average Bonchev–Trinajstić information content (AvgIpc) is 2.89. The third-order valence-corrected chi connectivity index (χ3v) is 5.06. The van der Waals surface area contributed by atoms with Crippen LogP contribution in [0.15, 0.2) is 24.3 Å². The van der Waals surface area contributed by atoms with Gasteiger partial charge in [0.2, 0.25) is 0 Å². The quantitative estimate of drug-likeness (QED) is 0.887. The molecular weight excluding hydrogens is 302 g/mol. The van der Waals surface area contributed by atoms with E-state index in [-0.39, 0.29) is 6.03 Å². The Kier molecular flexibility index (Phi) is 6.10.